The Morgan fingerprint density at radius 2 is 1.79 bits per heavy atom. The van der Waals surface area contributed by atoms with E-state index >= 15 is 0 Å². The van der Waals surface area contributed by atoms with Gasteiger partial charge in [0.15, 0.2) is 5.96 Å². The molecule has 0 bridgehead atoms. The van der Waals surface area contributed by atoms with Gasteiger partial charge in [0.2, 0.25) is 0 Å². The van der Waals surface area contributed by atoms with Crippen molar-refractivity contribution in [2.75, 3.05) is 20.1 Å². The summed E-state index contributed by atoms with van der Waals surface area (Å²) in [6.45, 7) is 5.30. The number of hydrogen-bond donors (Lipinski definition) is 2. The van der Waals surface area contributed by atoms with Crippen LogP contribution in [0.2, 0.25) is 0 Å². The quantitative estimate of drug-likeness (QED) is 0.439. The molecule has 0 amide bonds. The molecule has 130 valence electrons. The maximum absolute atomic E-state index is 11.8. The van der Waals surface area contributed by atoms with Crippen molar-refractivity contribution >= 4 is 5.96 Å². The molecular formula is C18H27N5O. The normalized spacial score (nSPS) is 11.5. The van der Waals surface area contributed by atoms with Crippen LogP contribution in [0.3, 0.4) is 0 Å². The van der Waals surface area contributed by atoms with Gasteiger partial charge in [-0.2, -0.15) is 0 Å². The van der Waals surface area contributed by atoms with Crippen LogP contribution in [0.15, 0.2) is 52.5 Å². The number of aromatic nitrogens is 2. The summed E-state index contributed by atoms with van der Waals surface area (Å²) >= 11 is 0. The molecule has 0 aliphatic rings. The third-order valence-electron chi connectivity index (χ3n) is 3.92. The molecule has 0 spiro atoms. The van der Waals surface area contributed by atoms with E-state index in [0.29, 0.717) is 0 Å². The predicted molar refractivity (Wildman–Crippen MR) is 98.5 cm³/mol. The molecule has 0 aliphatic heterocycles. The number of rotatable bonds is 8. The average Bonchev–Trinajstić information content (AvgIpc) is 3.08. The van der Waals surface area contributed by atoms with E-state index < -0.39 is 0 Å². The van der Waals surface area contributed by atoms with Gasteiger partial charge in [-0.15, -0.1) is 0 Å². The van der Waals surface area contributed by atoms with E-state index in [0.717, 1.165) is 50.7 Å². The number of nitrogens with one attached hydrogen (secondary N) is 2. The van der Waals surface area contributed by atoms with E-state index in [4.69, 9.17) is 0 Å². The number of hydrogen-bond acceptors (Lipinski definition) is 2. The first-order chi connectivity index (χ1) is 11.7. The van der Waals surface area contributed by atoms with Crippen LogP contribution >= 0.6 is 0 Å². The van der Waals surface area contributed by atoms with Crippen LogP contribution in [0.4, 0.5) is 0 Å². The molecule has 0 atom stereocenters. The molecule has 0 saturated carbocycles. The van der Waals surface area contributed by atoms with Gasteiger partial charge >= 0.3 is 0 Å². The van der Waals surface area contributed by atoms with Crippen LogP contribution < -0.4 is 16.2 Å². The number of aryl methyl sites for hydroxylation is 1. The van der Waals surface area contributed by atoms with Gasteiger partial charge in [0.1, 0.15) is 0 Å². The molecule has 2 heterocycles. The van der Waals surface area contributed by atoms with Gasteiger partial charge < -0.3 is 19.8 Å². The molecular weight excluding hydrogens is 302 g/mol. The summed E-state index contributed by atoms with van der Waals surface area (Å²) in [5.74, 6) is 0.815. The number of nitrogens with zero attached hydrogens (tertiary/aromatic N) is 3. The van der Waals surface area contributed by atoms with E-state index in [2.05, 4.69) is 20.2 Å². The van der Waals surface area contributed by atoms with E-state index in [1.54, 1.807) is 19.2 Å². The predicted octanol–water partition coefficient (Wildman–Crippen LogP) is 1.60. The maximum Gasteiger partial charge on any atom is 0.250 e. The smallest absolute Gasteiger partial charge is 0.250 e. The highest BCUT2D eigenvalue weighted by Crippen LogP contribution is 1.97. The molecule has 2 aromatic rings. The van der Waals surface area contributed by atoms with E-state index in [1.165, 1.54) is 0 Å². The highest BCUT2D eigenvalue weighted by atomic mass is 16.1. The van der Waals surface area contributed by atoms with E-state index in [1.807, 2.05) is 42.1 Å². The lowest BCUT2D eigenvalue weighted by molar-refractivity contribution is 0.573. The molecule has 24 heavy (non-hydrogen) atoms. The Morgan fingerprint density at radius 1 is 1.04 bits per heavy atom. The van der Waals surface area contributed by atoms with E-state index in [9.17, 15) is 4.79 Å². The van der Waals surface area contributed by atoms with Crippen molar-refractivity contribution in [3.63, 3.8) is 0 Å². The Labute approximate surface area is 143 Å². The Kier molecular flexibility index (Phi) is 7.14. The highest BCUT2D eigenvalue weighted by molar-refractivity contribution is 5.79. The van der Waals surface area contributed by atoms with Gasteiger partial charge in [0.25, 0.3) is 5.56 Å². The lowest BCUT2D eigenvalue weighted by atomic mass is 10.3. The lowest BCUT2D eigenvalue weighted by Gasteiger charge is -2.13. The summed E-state index contributed by atoms with van der Waals surface area (Å²) in [4.78, 5) is 16.0. The van der Waals surface area contributed by atoms with E-state index in [-0.39, 0.29) is 5.56 Å². The summed E-state index contributed by atoms with van der Waals surface area (Å²) in [5.41, 5.74) is 1.09. The third kappa shape index (κ3) is 5.61. The van der Waals surface area contributed by atoms with Crippen molar-refractivity contribution in [1.29, 1.82) is 0 Å². The first kappa shape index (κ1) is 17.8. The molecule has 2 aromatic heterocycles. The molecule has 0 aliphatic carbocycles. The minimum Gasteiger partial charge on any atom is -0.356 e. The van der Waals surface area contributed by atoms with Gasteiger partial charge in [-0.1, -0.05) is 6.07 Å². The summed E-state index contributed by atoms with van der Waals surface area (Å²) in [5, 5.41) is 6.60. The second kappa shape index (κ2) is 9.60. The molecule has 0 aromatic carbocycles. The molecule has 6 nitrogen and oxygen atoms in total. The standard InChI is InChI=1S/C18H27N5O/c1-16-8-7-9-17(24)23(16)14-4-3-10-20-18(19-2)21-11-15-22-12-5-6-13-22/h5-9,12-13H,3-4,10-11,14-15H2,1-2H3,(H2,19,20,21). The van der Waals surface area contributed by atoms with Crippen molar-refractivity contribution in [2.45, 2.75) is 32.9 Å². The van der Waals surface area contributed by atoms with Crippen LogP contribution in [0.5, 0.6) is 0 Å². The van der Waals surface area contributed by atoms with Crippen molar-refractivity contribution < 1.29 is 0 Å². The first-order valence-electron chi connectivity index (χ1n) is 8.42. The number of unbranched alkanes of at least 4 members (excludes halogenated alkanes) is 1. The Hall–Kier alpha value is -2.50. The molecule has 0 radical (unpaired) electrons. The molecule has 2 N–H and O–H groups in total. The van der Waals surface area contributed by atoms with Crippen LogP contribution in [-0.4, -0.2) is 35.2 Å². The van der Waals surface area contributed by atoms with Crippen molar-refractivity contribution in [2.24, 2.45) is 4.99 Å². The Morgan fingerprint density at radius 3 is 2.50 bits per heavy atom. The molecule has 2 rings (SSSR count). The number of pyridine rings is 1. The Bertz CT molecular complexity index is 688. The molecule has 0 fully saturated rings. The van der Waals surface area contributed by atoms with Gasteiger partial charge in [-0.05, 0) is 38.0 Å². The minimum atomic E-state index is 0.0745. The first-order valence-corrected chi connectivity index (χ1v) is 8.42. The van der Waals surface area contributed by atoms with Gasteiger partial charge in [-0.25, -0.2) is 0 Å². The average molecular weight is 329 g/mol. The second-order valence-corrected chi connectivity index (χ2v) is 5.71. The third-order valence-corrected chi connectivity index (χ3v) is 3.92. The Balaban J connectivity index is 1.62. The topological polar surface area (TPSA) is 63.4 Å². The van der Waals surface area contributed by atoms with Crippen LogP contribution in [0, 0.1) is 6.92 Å². The van der Waals surface area contributed by atoms with Crippen LogP contribution in [-0.2, 0) is 13.1 Å². The number of guanidine groups is 1. The monoisotopic (exact) mass is 329 g/mol. The summed E-state index contributed by atoms with van der Waals surface area (Å²) < 4.78 is 3.95. The fourth-order valence-electron chi connectivity index (χ4n) is 2.55. The van der Waals surface area contributed by atoms with Gasteiger partial charge in [0.05, 0.1) is 0 Å². The highest BCUT2D eigenvalue weighted by Gasteiger charge is 2.00. The lowest BCUT2D eigenvalue weighted by Crippen LogP contribution is -2.39. The fourth-order valence-corrected chi connectivity index (χ4v) is 2.55. The van der Waals surface area contributed by atoms with Crippen molar-refractivity contribution in [3.05, 3.63) is 58.8 Å². The zero-order valence-corrected chi connectivity index (χ0v) is 14.5. The summed E-state index contributed by atoms with van der Waals surface area (Å²) in [7, 11) is 1.78. The van der Waals surface area contributed by atoms with Crippen LogP contribution in [0.1, 0.15) is 18.5 Å². The zero-order chi connectivity index (χ0) is 17.2. The SMILES string of the molecule is CN=C(NCCCCn1c(C)cccc1=O)NCCn1cccc1. The molecule has 6 heteroatoms. The van der Waals surface area contributed by atoms with Crippen molar-refractivity contribution in [1.82, 2.24) is 19.8 Å². The summed E-state index contributed by atoms with van der Waals surface area (Å²) in [6.07, 6.45) is 6.04. The number of aliphatic imine (C=N–C) groups is 1. The largest absolute Gasteiger partial charge is 0.356 e. The van der Waals surface area contributed by atoms with Gasteiger partial charge in [0, 0.05) is 57.4 Å². The zero-order valence-electron chi connectivity index (χ0n) is 14.5. The van der Waals surface area contributed by atoms with Gasteiger partial charge in [-0.3, -0.25) is 9.79 Å². The fraction of sp³-hybridized carbons (Fsp3) is 0.444. The summed E-state index contributed by atoms with van der Waals surface area (Å²) in [6, 6.07) is 9.43. The minimum absolute atomic E-state index is 0.0745. The van der Waals surface area contributed by atoms with Crippen LogP contribution in [0.25, 0.3) is 0 Å². The second-order valence-electron chi connectivity index (χ2n) is 5.71. The maximum atomic E-state index is 11.8. The van der Waals surface area contributed by atoms with Crippen molar-refractivity contribution in [3.8, 4) is 0 Å². The molecule has 0 unspecified atom stereocenters. The molecule has 0 saturated heterocycles.